The average molecular weight is 274 g/mol. The molecule has 7 heteroatoms. The number of hydrogen-bond acceptors (Lipinski definition) is 7. The third-order valence-electron chi connectivity index (χ3n) is 2.47. The minimum atomic E-state index is -1.89. The molecule has 0 aromatic carbocycles. The lowest BCUT2D eigenvalue weighted by Crippen LogP contribution is -2.55. The summed E-state index contributed by atoms with van der Waals surface area (Å²) in [5.41, 5.74) is -0.554. The van der Waals surface area contributed by atoms with Crippen LogP contribution in [0.3, 0.4) is 0 Å². The molecular weight excluding hydrogens is 256 g/mol. The Hall–Kier alpha value is -1.60. The van der Waals surface area contributed by atoms with Crippen molar-refractivity contribution in [3.63, 3.8) is 0 Å². The van der Waals surface area contributed by atoms with E-state index in [2.05, 4.69) is 16.4 Å². The molecule has 0 bridgehead atoms. The van der Waals surface area contributed by atoms with Gasteiger partial charge in [-0.15, -0.1) is 4.89 Å². The minimum Gasteiger partial charge on any atom is -0.428 e. The average Bonchev–Trinajstić information content (AvgIpc) is 2.24. The predicted molar refractivity (Wildman–Crippen MR) is 62.6 cm³/mol. The summed E-state index contributed by atoms with van der Waals surface area (Å²) in [5, 5.41) is 0. The number of esters is 1. The Labute approximate surface area is 111 Å². The predicted octanol–water partition coefficient (Wildman–Crippen LogP) is 2.06. The lowest BCUT2D eigenvalue weighted by atomic mass is 10.1. The first-order valence-electron chi connectivity index (χ1n) is 5.81. The maximum Gasteiger partial charge on any atom is 0.514 e. The maximum atomic E-state index is 11.6. The molecule has 0 aromatic heterocycles. The lowest BCUT2D eigenvalue weighted by Gasteiger charge is -2.36. The van der Waals surface area contributed by atoms with E-state index in [1.54, 1.807) is 13.8 Å². The second-order valence-corrected chi connectivity index (χ2v) is 4.77. The molecule has 1 rings (SSSR count). The van der Waals surface area contributed by atoms with Crippen LogP contribution < -0.4 is 0 Å². The van der Waals surface area contributed by atoms with Crippen LogP contribution >= 0.6 is 0 Å². The summed E-state index contributed by atoms with van der Waals surface area (Å²) in [7, 11) is 0. The summed E-state index contributed by atoms with van der Waals surface area (Å²) in [6.45, 7) is 9.93. The first-order chi connectivity index (χ1) is 8.70. The van der Waals surface area contributed by atoms with Gasteiger partial charge in [0.05, 0.1) is 0 Å². The van der Waals surface area contributed by atoms with Gasteiger partial charge in [-0.05, 0) is 27.2 Å². The fourth-order valence-corrected chi connectivity index (χ4v) is 0.943. The number of carbonyl (C=O) groups excluding carboxylic acids is 2. The fourth-order valence-electron chi connectivity index (χ4n) is 0.943. The number of carbonyl (C=O) groups is 2. The standard InChI is InChI=1S/C12H18O7/c1-6-11(4,5)17-10(14)18-12(7-15-19-12)16-9(13)8(2)3/h2,6-7H2,1,3-5H3. The third-order valence-corrected chi connectivity index (χ3v) is 2.47. The van der Waals surface area contributed by atoms with Gasteiger partial charge in [0.2, 0.25) is 0 Å². The van der Waals surface area contributed by atoms with E-state index in [0.717, 1.165) is 0 Å². The molecule has 1 unspecified atom stereocenters. The topological polar surface area (TPSA) is 80.3 Å². The highest BCUT2D eigenvalue weighted by Crippen LogP contribution is 2.28. The van der Waals surface area contributed by atoms with Gasteiger partial charge in [0.1, 0.15) is 5.60 Å². The van der Waals surface area contributed by atoms with Crippen LogP contribution in [0.4, 0.5) is 4.79 Å². The van der Waals surface area contributed by atoms with Gasteiger partial charge in [-0.25, -0.2) is 14.5 Å². The van der Waals surface area contributed by atoms with Gasteiger partial charge in [-0.3, -0.25) is 0 Å². The zero-order chi connectivity index (χ0) is 14.7. The minimum absolute atomic E-state index is 0.140. The molecule has 0 amide bonds. The first-order valence-corrected chi connectivity index (χ1v) is 5.81. The van der Waals surface area contributed by atoms with E-state index in [9.17, 15) is 9.59 Å². The highest BCUT2D eigenvalue weighted by Gasteiger charge is 2.51. The second kappa shape index (κ2) is 5.58. The van der Waals surface area contributed by atoms with Crippen LogP contribution in [0, 0.1) is 0 Å². The quantitative estimate of drug-likeness (QED) is 0.328. The van der Waals surface area contributed by atoms with E-state index in [-0.39, 0.29) is 12.2 Å². The van der Waals surface area contributed by atoms with Crippen LogP contribution in [0.15, 0.2) is 12.2 Å². The van der Waals surface area contributed by atoms with Gasteiger partial charge in [0.25, 0.3) is 0 Å². The van der Waals surface area contributed by atoms with Crippen molar-refractivity contribution in [3.8, 4) is 0 Å². The summed E-state index contributed by atoms with van der Waals surface area (Å²) in [6, 6.07) is 0. The van der Waals surface area contributed by atoms with Gasteiger partial charge in [0, 0.05) is 5.57 Å². The largest absolute Gasteiger partial charge is 0.514 e. The van der Waals surface area contributed by atoms with Crippen molar-refractivity contribution in [2.45, 2.75) is 45.7 Å². The molecule has 1 fully saturated rings. The van der Waals surface area contributed by atoms with E-state index in [0.29, 0.717) is 6.42 Å². The number of rotatable bonds is 5. The first kappa shape index (κ1) is 15.5. The molecule has 19 heavy (non-hydrogen) atoms. The van der Waals surface area contributed by atoms with E-state index in [1.807, 2.05) is 6.92 Å². The Kier molecular flexibility index (Phi) is 4.54. The van der Waals surface area contributed by atoms with Crippen LogP contribution in [-0.4, -0.2) is 30.3 Å². The van der Waals surface area contributed by atoms with Crippen molar-refractivity contribution in [1.29, 1.82) is 0 Å². The summed E-state index contributed by atoms with van der Waals surface area (Å²) in [6.07, 6.45) is -0.414. The van der Waals surface area contributed by atoms with E-state index >= 15 is 0 Å². The lowest BCUT2D eigenvalue weighted by molar-refractivity contribution is -0.587. The highest BCUT2D eigenvalue weighted by molar-refractivity contribution is 5.87. The van der Waals surface area contributed by atoms with E-state index in [1.165, 1.54) is 6.92 Å². The van der Waals surface area contributed by atoms with Crippen molar-refractivity contribution in [2.75, 3.05) is 6.61 Å². The van der Waals surface area contributed by atoms with Crippen LogP contribution in [0.25, 0.3) is 0 Å². The van der Waals surface area contributed by atoms with Gasteiger partial charge in [0.15, 0.2) is 6.61 Å². The zero-order valence-electron chi connectivity index (χ0n) is 11.5. The molecular formula is C12H18O7. The monoisotopic (exact) mass is 274 g/mol. The molecule has 0 spiro atoms. The Morgan fingerprint density at radius 2 is 1.95 bits per heavy atom. The smallest absolute Gasteiger partial charge is 0.428 e. The molecule has 0 aromatic rings. The Morgan fingerprint density at radius 3 is 2.32 bits per heavy atom. The molecule has 1 saturated heterocycles. The molecule has 1 aliphatic rings. The summed E-state index contributed by atoms with van der Waals surface area (Å²) >= 11 is 0. The van der Waals surface area contributed by atoms with Gasteiger partial charge in [-0.1, -0.05) is 13.5 Å². The van der Waals surface area contributed by atoms with Gasteiger partial charge >= 0.3 is 18.1 Å². The van der Waals surface area contributed by atoms with Crippen LogP contribution in [0.1, 0.15) is 34.1 Å². The highest BCUT2D eigenvalue weighted by atomic mass is 17.3. The normalized spacial score (nSPS) is 22.1. The zero-order valence-corrected chi connectivity index (χ0v) is 11.5. The number of hydrogen-bond donors (Lipinski definition) is 0. The Balaban J connectivity index is 2.59. The van der Waals surface area contributed by atoms with E-state index < -0.39 is 23.7 Å². The van der Waals surface area contributed by atoms with Crippen molar-refractivity contribution in [1.82, 2.24) is 0 Å². The Morgan fingerprint density at radius 1 is 1.37 bits per heavy atom. The van der Waals surface area contributed by atoms with Gasteiger partial charge in [-0.2, -0.15) is 0 Å². The molecule has 1 aliphatic heterocycles. The SMILES string of the molecule is C=C(C)C(=O)OC1(OC(=O)OC(C)(C)CC)COO1. The van der Waals surface area contributed by atoms with Crippen molar-refractivity contribution in [2.24, 2.45) is 0 Å². The molecule has 0 N–H and O–H groups in total. The maximum absolute atomic E-state index is 11.6. The molecule has 0 saturated carbocycles. The van der Waals surface area contributed by atoms with Crippen LogP contribution in [0.2, 0.25) is 0 Å². The second-order valence-electron chi connectivity index (χ2n) is 4.77. The van der Waals surface area contributed by atoms with Crippen LogP contribution in [0.5, 0.6) is 0 Å². The molecule has 7 nitrogen and oxygen atoms in total. The molecule has 0 aliphatic carbocycles. The molecule has 1 heterocycles. The van der Waals surface area contributed by atoms with Crippen molar-refractivity contribution < 1.29 is 33.6 Å². The van der Waals surface area contributed by atoms with Gasteiger partial charge < -0.3 is 14.2 Å². The molecule has 1 atom stereocenters. The van der Waals surface area contributed by atoms with Crippen molar-refractivity contribution >= 4 is 12.1 Å². The summed E-state index contributed by atoms with van der Waals surface area (Å²) in [5.74, 6) is -2.65. The molecule has 0 radical (unpaired) electrons. The summed E-state index contributed by atoms with van der Waals surface area (Å²) in [4.78, 5) is 32.0. The molecule has 108 valence electrons. The third kappa shape index (κ3) is 4.22. The van der Waals surface area contributed by atoms with Crippen LogP contribution in [-0.2, 0) is 28.8 Å². The number of ether oxygens (including phenoxy) is 3. The Bertz CT molecular complexity index is 382. The fraction of sp³-hybridized carbons (Fsp3) is 0.667. The summed E-state index contributed by atoms with van der Waals surface area (Å²) < 4.78 is 14.7. The van der Waals surface area contributed by atoms with Crippen molar-refractivity contribution in [3.05, 3.63) is 12.2 Å². The van der Waals surface area contributed by atoms with E-state index in [4.69, 9.17) is 14.2 Å².